The highest BCUT2D eigenvalue weighted by atomic mass is 32.1. The summed E-state index contributed by atoms with van der Waals surface area (Å²) in [6.07, 6.45) is 2.31. The molecule has 0 amide bonds. The molecule has 0 aliphatic heterocycles. The standard InChI is InChI=1S/C9H21NOS/c1-3-9(4-2)10(5-7-11)6-8-12/h9,11-12H,3-8H2,1-2H3. The first-order chi connectivity index (χ1) is 5.79. The van der Waals surface area contributed by atoms with Crippen molar-refractivity contribution in [3.8, 4) is 0 Å². The van der Waals surface area contributed by atoms with Crippen molar-refractivity contribution >= 4 is 12.6 Å². The lowest BCUT2D eigenvalue weighted by Crippen LogP contribution is -2.38. The Morgan fingerprint density at radius 3 is 2.17 bits per heavy atom. The van der Waals surface area contributed by atoms with E-state index in [1.165, 1.54) is 0 Å². The van der Waals surface area contributed by atoms with Crippen molar-refractivity contribution in [3.63, 3.8) is 0 Å². The van der Waals surface area contributed by atoms with Crippen LogP contribution in [0.2, 0.25) is 0 Å². The Hall–Kier alpha value is 0.270. The van der Waals surface area contributed by atoms with Crippen LogP contribution in [-0.2, 0) is 0 Å². The van der Waals surface area contributed by atoms with Gasteiger partial charge in [0.25, 0.3) is 0 Å². The van der Waals surface area contributed by atoms with Gasteiger partial charge in [0.15, 0.2) is 0 Å². The summed E-state index contributed by atoms with van der Waals surface area (Å²) in [7, 11) is 0. The van der Waals surface area contributed by atoms with Crippen LogP contribution in [-0.4, -0.2) is 41.5 Å². The SMILES string of the molecule is CCC(CC)N(CCO)CCS. The van der Waals surface area contributed by atoms with E-state index in [0.29, 0.717) is 6.04 Å². The molecule has 0 atom stereocenters. The lowest BCUT2D eigenvalue weighted by atomic mass is 10.1. The fraction of sp³-hybridized carbons (Fsp3) is 1.00. The van der Waals surface area contributed by atoms with Crippen molar-refractivity contribution in [2.45, 2.75) is 32.7 Å². The van der Waals surface area contributed by atoms with Crippen LogP contribution in [0.4, 0.5) is 0 Å². The summed E-state index contributed by atoms with van der Waals surface area (Å²) in [6, 6.07) is 0.615. The highest BCUT2D eigenvalue weighted by molar-refractivity contribution is 7.80. The number of thiol groups is 1. The van der Waals surface area contributed by atoms with Gasteiger partial charge in [0.2, 0.25) is 0 Å². The first kappa shape index (κ1) is 12.3. The van der Waals surface area contributed by atoms with E-state index >= 15 is 0 Å². The zero-order chi connectivity index (χ0) is 9.40. The largest absolute Gasteiger partial charge is 0.395 e. The van der Waals surface area contributed by atoms with Gasteiger partial charge in [0.05, 0.1) is 6.61 Å². The summed E-state index contributed by atoms with van der Waals surface area (Å²) in [5.74, 6) is 0.872. The quantitative estimate of drug-likeness (QED) is 0.594. The minimum absolute atomic E-state index is 0.254. The molecule has 0 heterocycles. The third-order valence-electron chi connectivity index (χ3n) is 2.23. The van der Waals surface area contributed by atoms with Gasteiger partial charge in [-0.05, 0) is 12.8 Å². The van der Waals surface area contributed by atoms with E-state index in [1.54, 1.807) is 0 Å². The maximum atomic E-state index is 8.84. The van der Waals surface area contributed by atoms with E-state index in [0.717, 1.165) is 31.7 Å². The Morgan fingerprint density at radius 1 is 1.25 bits per heavy atom. The Balaban J connectivity index is 3.86. The Labute approximate surface area is 81.4 Å². The molecule has 0 saturated carbocycles. The second kappa shape index (κ2) is 7.90. The van der Waals surface area contributed by atoms with Crippen LogP contribution >= 0.6 is 12.6 Å². The van der Waals surface area contributed by atoms with Gasteiger partial charge in [-0.3, -0.25) is 4.90 Å². The predicted octanol–water partition coefficient (Wildman–Crippen LogP) is 1.40. The van der Waals surface area contributed by atoms with E-state index < -0.39 is 0 Å². The third kappa shape index (κ3) is 4.33. The predicted molar refractivity (Wildman–Crippen MR) is 56.9 cm³/mol. The molecule has 0 unspecified atom stereocenters. The lowest BCUT2D eigenvalue weighted by molar-refractivity contribution is 0.151. The molecule has 0 aromatic heterocycles. The summed E-state index contributed by atoms with van der Waals surface area (Å²) in [4.78, 5) is 2.31. The van der Waals surface area contributed by atoms with Crippen molar-refractivity contribution in [1.82, 2.24) is 4.90 Å². The fourth-order valence-corrected chi connectivity index (χ4v) is 1.80. The Morgan fingerprint density at radius 2 is 1.83 bits per heavy atom. The number of hydrogen-bond acceptors (Lipinski definition) is 3. The summed E-state index contributed by atoms with van der Waals surface area (Å²) >= 11 is 4.20. The molecule has 0 saturated heterocycles. The topological polar surface area (TPSA) is 23.5 Å². The van der Waals surface area contributed by atoms with E-state index in [2.05, 4.69) is 31.4 Å². The zero-order valence-electron chi connectivity index (χ0n) is 8.16. The van der Waals surface area contributed by atoms with Crippen LogP contribution in [0.25, 0.3) is 0 Å². The average Bonchev–Trinajstić information content (AvgIpc) is 2.07. The highest BCUT2D eigenvalue weighted by Crippen LogP contribution is 2.07. The molecule has 0 aliphatic rings. The van der Waals surface area contributed by atoms with Crippen molar-refractivity contribution in [3.05, 3.63) is 0 Å². The number of aliphatic hydroxyl groups is 1. The third-order valence-corrected chi connectivity index (χ3v) is 2.43. The molecule has 2 nitrogen and oxygen atoms in total. The minimum atomic E-state index is 0.254. The molecular formula is C9H21NOS. The molecule has 0 aliphatic carbocycles. The average molecular weight is 191 g/mol. The van der Waals surface area contributed by atoms with Crippen LogP contribution in [0.15, 0.2) is 0 Å². The Bertz CT molecular complexity index is 90.5. The van der Waals surface area contributed by atoms with Gasteiger partial charge >= 0.3 is 0 Å². The molecular weight excluding hydrogens is 170 g/mol. The minimum Gasteiger partial charge on any atom is -0.395 e. The monoisotopic (exact) mass is 191 g/mol. The molecule has 0 spiro atoms. The van der Waals surface area contributed by atoms with Crippen LogP contribution in [0.5, 0.6) is 0 Å². The molecule has 12 heavy (non-hydrogen) atoms. The number of rotatable bonds is 7. The van der Waals surface area contributed by atoms with Gasteiger partial charge in [-0.1, -0.05) is 13.8 Å². The molecule has 0 radical (unpaired) electrons. The number of aliphatic hydroxyl groups excluding tert-OH is 1. The summed E-state index contributed by atoms with van der Waals surface area (Å²) in [6.45, 7) is 6.40. The smallest absolute Gasteiger partial charge is 0.0558 e. The van der Waals surface area contributed by atoms with Crippen LogP contribution in [0.1, 0.15) is 26.7 Å². The molecule has 0 bridgehead atoms. The molecule has 0 rings (SSSR count). The van der Waals surface area contributed by atoms with E-state index in [4.69, 9.17) is 5.11 Å². The van der Waals surface area contributed by atoms with Gasteiger partial charge in [-0.2, -0.15) is 12.6 Å². The first-order valence-corrected chi connectivity index (χ1v) is 5.39. The van der Waals surface area contributed by atoms with Crippen molar-refractivity contribution in [1.29, 1.82) is 0 Å². The number of nitrogens with zero attached hydrogens (tertiary/aromatic N) is 1. The fourth-order valence-electron chi connectivity index (χ4n) is 1.54. The summed E-state index contributed by atoms with van der Waals surface area (Å²) in [5.41, 5.74) is 0. The van der Waals surface area contributed by atoms with Crippen LogP contribution in [0.3, 0.4) is 0 Å². The maximum absolute atomic E-state index is 8.84. The van der Waals surface area contributed by atoms with Crippen molar-refractivity contribution in [2.75, 3.05) is 25.4 Å². The molecule has 1 N–H and O–H groups in total. The van der Waals surface area contributed by atoms with Gasteiger partial charge in [-0.25, -0.2) is 0 Å². The normalized spacial score (nSPS) is 11.5. The lowest BCUT2D eigenvalue weighted by Gasteiger charge is -2.29. The molecule has 3 heteroatoms. The van der Waals surface area contributed by atoms with Gasteiger partial charge < -0.3 is 5.11 Å². The Kier molecular flexibility index (Phi) is 8.07. The van der Waals surface area contributed by atoms with Crippen molar-refractivity contribution in [2.24, 2.45) is 0 Å². The van der Waals surface area contributed by atoms with Crippen molar-refractivity contribution < 1.29 is 5.11 Å². The van der Waals surface area contributed by atoms with Gasteiger partial charge in [-0.15, -0.1) is 0 Å². The van der Waals surface area contributed by atoms with Crippen LogP contribution < -0.4 is 0 Å². The summed E-state index contributed by atoms with van der Waals surface area (Å²) in [5, 5.41) is 8.84. The molecule has 0 aromatic rings. The first-order valence-electron chi connectivity index (χ1n) is 4.75. The maximum Gasteiger partial charge on any atom is 0.0558 e. The molecule has 0 aromatic carbocycles. The zero-order valence-corrected chi connectivity index (χ0v) is 9.06. The van der Waals surface area contributed by atoms with Gasteiger partial charge in [0, 0.05) is 24.9 Å². The van der Waals surface area contributed by atoms with Gasteiger partial charge in [0.1, 0.15) is 0 Å². The van der Waals surface area contributed by atoms with E-state index in [-0.39, 0.29) is 6.61 Å². The number of hydrogen-bond donors (Lipinski definition) is 2. The van der Waals surface area contributed by atoms with Crippen LogP contribution in [0, 0.1) is 0 Å². The highest BCUT2D eigenvalue weighted by Gasteiger charge is 2.12. The second-order valence-corrected chi connectivity index (χ2v) is 3.40. The molecule has 0 fully saturated rings. The van der Waals surface area contributed by atoms with E-state index in [1.807, 2.05) is 0 Å². The summed E-state index contributed by atoms with van der Waals surface area (Å²) < 4.78 is 0. The molecule has 74 valence electrons. The second-order valence-electron chi connectivity index (χ2n) is 2.95. The van der Waals surface area contributed by atoms with E-state index in [9.17, 15) is 0 Å².